The molecule has 1 aromatic heterocycles. The largest absolute Gasteiger partial charge is 0.497 e. The van der Waals surface area contributed by atoms with Gasteiger partial charge < -0.3 is 9.64 Å². The van der Waals surface area contributed by atoms with Crippen molar-refractivity contribution >= 4 is 16.8 Å². The number of carbonyl (C=O) groups is 1. The minimum Gasteiger partial charge on any atom is -0.497 e. The summed E-state index contributed by atoms with van der Waals surface area (Å²) in [6.45, 7) is 0.592. The number of H-pyrrole nitrogens is 1. The molecular formula is C19H19N3O2. The molecule has 24 heavy (non-hydrogen) atoms. The lowest BCUT2D eigenvalue weighted by atomic mass is 10.1. The fourth-order valence-corrected chi connectivity index (χ4v) is 2.94. The van der Waals surface area contributed by atoms with Crippen molar-refractivity contribution < 1.29 is 9.53 Å². The van der Waals surface area contributed by atoms with Crippen LogP contribution in [0.15, 0.2) is 48.5 Å². The molecule has 1 aliphatic carbocycles. The number of hydrogen-bond acceptors (Lipinski definition) is 3. The summed E-state index contributed by atoms with van der Waals surface area (Å²) in [7, 11) is 1.65. The number of amides is 1. The highest BCUT2D eigenvalue weighted by Crippen LogP contribution is 2.31. The molecule has 1 amide bonds. The maximum Gasteiger partial charge on any atom is 0.275 e. The second kappa shape index (κ2) is 6.00. The summed E-state index contributed by atoms with van der Waals surface area (Å²) in [6, 6.07) is 15.9. The van der Waals surface area contributed by atoms with Crippen LogP contribution in [-0.4, -0.2) is 34.2 Å². The number of ether oxygens (including phenoxy) is 1. The molecule has 0 bridgehead atoms. The average Bonchev–Trinajstić information content (AvgIpc) is 3.38. The predicted molar refractivity (Wildman–Crippen MR) is 92.0 cm³/mol. The van der Waals surface area contributed by atoms with Gasteiger partial charge in [0, 0.05) is 18.0 Å². The third kappa shape index (κ3) is 2.73. The third-order valence-electron chi connectivity index (χ3n) is 4.43. The second-order valence-corrected chi connectivity index (χ2v) is 6.13. The van der Waals surface area contributed by atoms with Crippen molar-refractivity contribution in [1.82, 2.24) is 15.1 Å². The zero-order valence-electron chi connectivity index (χ0n) is 13.5. The van der Waals surface area contributed by atoms with E-state index in [1.54, 1.807) is 7.11 Å². The summed E-state index contributed by atoms with van der Waals surface area (Å²) >= 11 is 0. The van der Waals surface area contributed by atoms with Gasteiger partial charge in [-0.2, -0.15) is 5.10 Å². The Hall–Kier alpha value is -2.82. The maximum absolute atomic E-state index is 13.0. The second-order valence-electron chi connectivity index (χ2n) is 6.13. The molecule has 1 aliphatic rings. The van der Waals surface area contributed by atoms with Crippen LogP contribution in [0, 0.1) is 0 Å². The van der Waals surface area contributed by atoms with E-state index in [0.29, 0.717) is 18.3 Å². The van der Waals surface area contributed by atoms with Gasteiger partial charge in [0.05, 0.1) is 12.6 Å². The molecule has 5 nitrogen and oxygen atoms in total. The van der Waals surface area contributed by atoms with Crippen LogP contribution in [0.5, 0.6) is 5.75 Å². The minimum absolute atomic E-state index is 0.00855. The van der Waals surface area contributed by atoms with E-state index in [9.17, 15) is 4.79 Å². The predicted octanol–water partition coefficient (Wildman–Crippen LogP) is 3.38. The summed E-state index contributed by atoms with van der Waals surface area (Å²) in [5, 5.41) is 8.08. The van der Waals surface area contributed by atoms with Gasteiger partial charge in [-0.1, -0.05) is 30.3 Å². The Kier molecular flexibility index (Phi) is 3.69. The molecule has 0 saturated heterocycles. The summed E-state index contributed by atoms with van der Waals surface area (Å²) in [4.78, 5) is 15.0. The van der Waals surface area contributed by atoms with E-state index in [0.717, 1.165) is 35.1 Å². The van der Waals surface area contributed by atoms with Gasteiger partial charge in [-0.05, 0) is 36.6 Å². The molecule has 0 atom stereocenters. The molecule has 4 rings (SSSR count). The van der Waals surface area contributed by atoms with Crippen LogP contribution >= 0.6 is 0 Å². The Morgan fingerprint density at radius 3 is 2.67 bits per heavy atom. The summed E-state index contributed by atoms with van der Waals surface area (Å²) < 4.78 is 5.19. The normalized spacial score (nSPS) is 13.9. The van der Waals surface area contributed by atoms with Gasteiger partial charge in [0.1, 0.15) is 5.75 Å². The standard InChI is InChI=1S/C19H19N3O2/c1-24-15-10-6-13(7-11-15)12-22(14-8-9-14)19(23)18-16-4-2-3-5-17(16)20-21-18/h2-7,10-11,14H,8-9,12H2,1H3,(H,20,21). The highest BCUT2D eigenvalue weighted by Gasteiger charge is 2.34. The van der Waals surface area contributed by atoms with Crippen LogP contribution in [0.25, 0.3) is 10.9 Å². The SMILES string of the molecule is COc1ccc(CN(C(=O)c2n[nH]c3ccccc23)C2CC2)cc1. The van der Waals surface area contributed by atoms with E-state index in [4.69, 9.17) is 4.74 Å². The average molecular weight is 321 g/mol. The highest BCUT2D eigenvalue weighted by atomic mass is 16.5. The van der Waals surface area contributed by atoms with E-state index in [1.165, 1.54) is 0 Å². The highest BCUT2D eigenvalue weighted by molar-refractivity contribution is 6.04. The number of methoxy groups -OCH3 is 1. The first kappa shape index (κ1) is 14.8. The molecule has 1 N–H and O–H groups in total. The molecule has 1 fully saturated rings. The molecule has 2 aromatic carbocycles. The van der Waals surface area contributed by atoms with Crippen LogP contribution in [0.3, 0.4) is 0 Å². The molecule has 0 radical (unpaired) electrons. The fraction of sp³-hybridized carbons (Fsp3) is 0.263. The van der Waals surface area contributed by atoms with Crippen molar-refractivity contribution in [2.45, 2.75) is 25.4 Å². The first-order valence-electron chi connectivity index (χ1n) is 8.13. The number of rotatable bonds is 5. The number of nitrogens with zero attached hydrogens (tertiary/aromatic N) is 2. The Bertz CT molecular complexity index is 866. The van der Waals surface area contributed by atoms with E-state index < -0.39 is 0 Å². The smallest absolute Gasteiger partial charge is 0.275 e. The number of aromatic nitrogens is 2. The third-order valence-corrected chi connectivity index (χ3v) is 4.43. The fourth-order valence-electron chi connectivity index (χ4n) is 2.94. The van der Waals surface area contributed by atoms with E-state index in [-0.39, 0.29) is 5.91 Å². The van der Waals surface area contributed by atoms with Gasteiger partial charge in [0.15, 0.2) is 5.69 Å². The van der Waals surface area contributed by atoms with Crippen molar-refractivity contribution in [2.75, 3.05) is 7.11 Å². The number of hydrogen-bond donors (Lipinski definition) is 1. The van der Waals surface area contributed by atoms with E-state index in [1.807, 2.05) is 53.4 Å². The molecule has 0 spiro atoms. The number of benzene rings is 2. The van der Waals surface area contributed by atoms with Gasteiger partial charge >= 0.3 is 0 Å². The van der Waals surface area contributed by atoms with Crippen LogP contribution in [-0.2, 0) is 6.54 Å². The van der Waals surface area contributed by atoms with Crippen LogP contribution in [0.2, 0.25) is 0 Å². The van der Waals surface area contributed by atoms with Crippen molar-refractivity contribution in [2.24, 2.45) is 0 Å². The molecule has 0 unspecified atom stereocenters. The molecule has 0 aliphatic heterocycles. The van der Waals surface area contributed by atoms with Crippen molar-refractivity contribution in [3.63, 3.8) is 0 Å². The van der Waals surface area contributed by atoms with Crippen LogP contribution < -0.4 is 4.74 Å². The molecule has 1 heterocycles. The number of para-hydroxylation sites is 1. The lowest BCUT2D eigenvalue weighted by Crippen LogP contribution is -2.33. The first-order chi connectivity index (χ1) is 11.8. The Labute approximate surface area is 140 Å². The topological polar surface area (TPSA) is 58.2 Å². The number of carbonyl (C=O) groups excluding carboxylic acids is 1. The maximum atomic E-state index is 13.0. The van der Waals surface area contributed by atoms with Crippen molar-refractivity contribution in [3.05, 3.63) is 59.8 Å². The summed E-state index contributed by atoms with van der Waals surface area (Å²) in [6.07, 6.45) is 2.12. The van der Waals surface area contributed by atoms with Gasteiger partial charge in [-0.15, -0.1) is 0 Å². The summed E-state index contributed by atoms with van der Waals surface area (Å²) in [5.74, 6) is 0.812. The van der Waals surface area contributed by atoms with Crippen LogP contribution in [0.4, 0.5) is 0 Å². The monoisotopic (exact) mass is 321 g/mol. The zero-order chi connectivity index (χ0) is 16.5. The summed E-state index contributed by atoms with van der Waals surface area (Å²) in [5.41, 5.74) is 2.49. The molecular weight excluding hydrogens is 302 g/mol. The number of aromatic amines is 1. The lowest BCUT2D eigenvalue weighted by molar-refractivity contribution is 0.0726. The quantitative estimate of drug-likeness (QED) is 0.784. The van der Waals surface area contributed by atoms with Crippen molar-refractivity contribution in [3.8, 4) is 5.75 Å². The molecule has 122 valence electrons. The number of fused-ring (bicyclic) bond motifs is 1. The zero-order valence-corrected chi connectivity index (χ0v) is 13.5. The van der Waals surface area contributed by atoms with E-state index >= 15 is 0 Å². The lowest BCUT2D eigenvalue weighted by Gasteiger charge is -2.22. The van der Waals surface area contributed by atoms with Gasteiger partial charge in [0.2, 0.25) is 0 Å². The van der Waals surface area contributed by atoms with E-state index in [2.05, 4.69) is 10.2 Å². The van der Waals surface area contributed by atoms with Gasteiger partial charge in [-0.3, -0.25) is 9.89 Å². The van der Waals surface area contributed by atoms with Crippen LogP contribution in [0.1, 0.15) is 28.9 Å². The molecule has 5 heteroatoms. The minimum atomic E-state index is -0.00855. The van der Waals surface area contributed by atoms with Gasteiger partial charge in [0.25, 0.3) is 5.91 Å². The number of nitrogens with one attached hydrogen (secondary N) is 1. The first-order valence-corrected chi connectivity index (χ1v) is 8.13. The Morgan fingerprint density at radius 1 is 1.21 bits per heavy atom. The molecule has 1 saturated carbocycles. The Morgan fingerprint density at radius 2 is 1.96 bits per heavy atom. The van der Waals surface area contributed by atoms with Gasteiger partial charge in [-0.25, -0.2) is 0 Å². The van der Waals surface area contributed by atoms with Crippen molar-refractivity contribution in [1.29, 1.82) is 0 Å². The molecule has 3 aromatic rings. The Balaban J connectivity index is 1.61.